The molecule has 0 amide bonds. The zero-order valence-electron chi connectivity index (χ0n) is 7.80. The molecule has 0 spiro atoms. The van der Waals surface area contributed by atoms with Crippen molar-refractivity contribution in [3.63, 3.8) is 0 Å². The molecule has 0 saturated carbocycles. The van der Waals surface area contributed by atoms with Crippen molar-refractivity contribution in [2.75, 3.05) is 0 Å². The number of hydrogen-bond acceptors (Lipinski definition) is 3. The van der Waals surface area contributed by atoms with Gasteiger partial charge in [0, 0.05) is 40.8 Å². The summed E-state index contributed by atoms with van der Waals surface area (Å²) < 4.78 is 0. The Balaban J connectivity index is 0.00000225. The van der Waals surface area contributed by atoms with E-state index in [0.29, 0.717) is 0 Å². The van der Waals surface area contributed by atoms with Gasteiger partial charge < -0.3 is 15.3 Å². The van der Waals surface area contributed by atoms with Crippen LogP contribution in [0.1, 0.15) is 31.1 Å². The van der Waals surface area contributed by atoms with Gasteiger partial charge in [-0.05, 0) is 18.2 Å². The summed E-state index contributed by atoms with van der Waals surface area (Å²) in [5.74, 6) is -4.12. The van der Waals surface area contributed by atoms with E-state index < -0.39 is 17.9 Å². The maximum Gasteiger partial charge on any atom is 0.335 e. The molecule has 0 radical (unpaired) electrons. The molecule has 0 fully saturated rings. The molecule has 16 heavy (non-hydrogen) atoms. The first-order valence-electron chi connectivity index (χ1n) is 3.77. The van der Waals surface area contributed by atoms with Crippen LogP contribution in [0.25, 0.3) is 0 Å². The third-order valence-corrected chi connectivity index (χ3v) is 1.67. The third-order valence-electron chi connectivity index (χ3n) is 1.67. The standard InChI is InChI=1S/C9H6O6.Nd/c10-7(11)4-1-5(8(12)13)3-6(2-4)9(14)15;/h1-3H,(H,10,11)(H,12,13)(H,14,15);. The molecule has 0 heterocycles. The fraction of sp³-hybridized carbons (Fsp3) is 0. The largest absolute Gasteiger partial charge is 0.478 e. The zero-order valence-corrected chi connectivity index (χ0v) is 11.0. The second kappa shape index (κ2) is 5.90. The number of aromatic carboxylic acids is 3. The molecule has 1 rings (SSSR count). The molecule has 0 saturated heterocycles. The SMILES string of the molecule is O=C(O)c1cc(C(=O)O)cc(C(=O)O)c1.[Nd]. The Labute approximate surface area is 122 Å². The van der Waals surface area contributed by atoms with Crippen molar-refractivity contribution >= 4 is 17.9 Å². The van der Waals surface area contributed by atoms with Gasteiger partial charge in [0.25, 0.3) is 0 Å². The molecule has 0 unspecified atom stereocenters. The van der Waals surface area contributed by atoms with Crippen molar-refractivity contribution < 1.29 is 70.5 Å². The normalized spacial score (nSPS) is 9.00. The average Bonchev–Trinajstić information content (AvgIpc) is 2.16. The summed E-state index contributed by atoms with van der Waals surface area (Å²) in [6.45, 7) is 0. The Morgan fingerprint density at radius 2 is 0.875 bits per heavy atom. The van der Waals surface area contributed by atoms with Gasteiger partial charge in [0.1, 0.15) is 0 Å². The van der Waals surface area contributed by atoms with E-state index in [9.17, 15) is 14.4 Å². The molecule has 1 aromatic carbocycles. The summed E-state index contributed by atoms with van der Waals surface area (Å²) in [4.78, 5) is 31.7. The second-order valence-corrected chi connectivity index (χ2v) is 2.71. The predicted octanol–water partition coefficient (Wildman–Crippen LogP) is 0.781. The van der Waals surface area contributed by atoms with Gasteiger partial charge in [-0.25, -0.2) is 14.4 Å². The Hall–Kier alpha value is -1.02. The summed E-state index contributed by atoms with van der Waals surface area (Å²) in [5.41, 5.74) is -1.10. The van der Waals surface area contributed by atoms with Gasteiger partial charge in [-0.2, -0.15) is 0 Å². The minimum absolute atomic E-state index is 0. The average molecular weight is 354 g/mol. The zero-order chi connectivity index (χ0) is 11.6. The summed E-state index contributed by atoms with van der Waals surface area (Å²) in [6, 6.07) is 2.70. The molecule has 3 N–H and O–H groups in total. The van der Waals surface area contributed by atoms with Gasteiger partial charge in [-0.15, -0.1) is 0 Å². The van der Waals surface area contributed by atoms with Crippen LogP contribution in [0.15, 0.2) is 18.2 Å². The molecule has 82 valence electrons. The first kappa shape index (κ1) is 15.0. The number of rotatable bonds is 3. The molecule has 1 aromatic rings. The Morgan fingerprint density at radius 1 is 0.688 bits per heavy atom. The van der Waals surface area contributed by atoms with Crippen LogP contribution in [-0.2, 0) is 0 Å². The Bertz CT molecular complexity index is 374. The van der Waals surface area contributed by atoms with Gasteiger partial charge in [0.05, 0.1) is 16.7 Å². The van der Waals surface area contributed by atoms with Crippen molar-refractivity contribution in [3.05, 3.63) is 34.9 Å². The van der Waals surface area contributed by atoms with Crippen LogP contribution < -0.4 is 0 Å². The van der Waals surface area contributed by atoms with E-state index in [1.807, 2.05) is 0 Å². The fourth-order valence-electron chi connectivity index (χ4n) is 0.998. The first-order valence-corrected chi connectivity index (χ1v) is 3.77. The summed E-state index contributed by atoms with van der Waals surface area (Å²) in [5, 5.41) is 25.8. The van der Waals surface area contributed by atoms with Crippen LogP contribution in [0.3, 0.4) is 0 Å². The quantitative estimate of drug-likeness (QED) is 0.740. The van der Waals surface area contributed by atoms with Crippen molar-refractivity contribution in [2.45, 2.75) is 0 Å². The van der Waals surface area contributed by atoms with Crippen molar-refractivity contribution in [2.24, 2.45) is 0 Å². The van der Waals surface area contributed by atoms with Gasteiger partial charge >= 0.3 is 17.9 Å². The van der Waals surface area contributed by atoms with E-state index in [4.69, 9.17) is 15.3 Å². The molecular weight excluding hydrogens is 348 g/mol. The van der Waals surface area contributed by atoms with Gasteiger partial charge in [-0.3, -0.25) is 0 Å². The topological polar surface area (TPSA) is 112 Å². The van der Waals surface area contributed by atoms with Crippen molar-refractivity contribution in [1.29, 1.82) is 0 Å². The van der Waals surface area contributed by atoms with E-state index >= 15 is 0 Å². The predicted molar refractivity (Wildman–Crippen MR) is 47.3 cm³/mol. The van der Waals surface area contributed by atoms with Gasteiger partial charge in [0.2, 0.25) is 0 Å². The van der Waals surface area contributed by atoms with Crippen LogP contribution in [0.2, 0.25) is 0 Å². The number of benzene rings is 1. The minimum Gasteiger partial charge on any atom is -0.478 e. The molecule has 6 nitrogen and oxygen atoms in total. The molecule has 0 aliphatic rings. The Kier molecular flexibility index (Phi) is 5.52. The molecule has 0 bridgehead atoms. The van der Waals surface area contributed by atoms with Crippen LogP contribution in [0.4, 0.5) is 0 Å². The number of carbonyl (C=O) groups is 3. The second-order valence-electron chi connectivity index (χ2n) is 2.71. The van der Waals surface area contributed by atoms with Crippen molar-refractivity contribution in [3.8, 4) is 0 Å². The number of carboxylic acids is 3. The smallest absolute Gasteiger partial charge is 0.335 e. The molecule has 0 atom stereocenters. The van der Waals surface area contributed by atoms with E-state index in [1.54, 1.807) is 0 Å². The summed E-state index contributed by atoms with van der Waals surface area (Å²) >= 11 is 0. The van der Waals surface area contributed by atoms with Gasteiger partial charge in [-0.1, -0.05) is 0 Å². The van der Waals surface area contributed by atoms with Crippen LogP contribution >= 0.6 is 0 Å². The molecule has 0 aliphatic heterocycles. The van der Waals surface area contributed by atoms with Crippen LogP contribution in [0.5, 0.6) is 0 Å². The first-order chi connectivity index (χ1) is 6.91. The maximum absolute atomic E-state index is 10.6. The van der Waals surface area contributed by atoms with Crippen molar-refractivity contribution in [1.82, 2.24) is 0 Å². The summed E-state index contributed by atoms with van der Waals surface area (Å²) in [6.07, 6.45) is 0. The van der Waals surface area contributed by atoms with E-state index in [2.05, 4.69) is 0 Å². The number of carboxylic acid groups (broad SMARTS) is 3. The monoisotopic (exact) mass is 352 g/mol. The van der Waals surface area contributed by atoms with E-state index in [0.717, 1.165) is 18.2 Å². The molecule has 0 aromatic heterocycles. The van der Waals surface area contributed by atoms with E-state index in [1.165, 1.54) is 0 Å². The van der Waals surface area contributed by atoms with Gasteiger partial charge in [0.15, 0.2) is 0 Å². The summed E-state index contributed by atoms with van der Waals surface area (Å²) in [7, 11) is 0. The number of hydrogen-bond donors (Lipinski definition) is 3. The maximum atomic E-state index is 10.6. The molecule has 7 heteroatoms. The molecule has 0 aliphatic carbocycles. The molecular formula is C9H6NdO6. The fourth-order valence-corrected chi connectivity index (χ4v) is 0.998. The van der Waals surface area contributed by atoms with Crippen LogP contribution in [0, 0.1) is 40.8 Å². The van der Waals surface area contributed by atoms with E-state index in [-0.39, 0.29) is 57.5 Å². The third kappa shape index (κ3) is 3.53. The minimum atomic E-state index is -1.37. The van der Waals surface area contributed by atoms with Crippen LogP contribution in [-0.4, -0.2) is 33.2 Å². The Morgan fingerprint density at radius 3 is 1.00 bits per heavy atom.